The molecule has 0 fully saturated rings. The van der Waals surface area contributed by atoms with Crippen LogP contribution < -0.4 is 5.32 Å². The fourth-order valence-electron chi connectivity index (χ4n) is 3.22. The molecule has 0 aromatic rings. The number of alkyl carbamates (subject to hydrolysis) is 1. The minimum Gasteiger partial charge on any atom is -0.443 e. The molecule has 1 N–H and O–H groups in total. The molecule has 5 nitrogen and oxygen atoms in total. The Morgan fingerprint density at radius 3 is 2.28 bits per heavy atom. The van der Waals surface area contributed by atoms with E-state index in [-0.39, 0.29) is 11.0 Å². The summed E-state index contributed by atoms with van der Waals surface area (Å²) in [4.78, 5) is 14.9. The van der Waals surface area contributed by atoms with Gasteiger partial charge in [-0.05, 0) is 81.5 Å². The number of ether oxygens (including phenoxy) is 2. The molecule has 5 heteroatoms. The van der Waals surface area contributed by atoms with Gasteiger partial charge in [0.05, 0.1) is 17.7 Å². The van der Waals surface area contributed by atoms with Gasteiger partial charge >= 0.3 is 6.09 Å². The fourth-order valence-corrected chi connectivity index (χ4v) is 3.22. The summed E-state index contributed by atoms with van der Waals surface area (Å²) in [7, 11) is 4.12. The molecule has 0 aromatic heterocycles. The lowest BCUT2D eigenvalue weighted by molar-refractivity contribution is -0.0555. The predicted molar refractivity (Wildman–Crippen MR) is 135 cm³/mol. The second-order valence-corrected chi connectivity index (χ2v) is 11.2. The highest BCUT2D eigenvalue weighted by Crippen LogP contribution is 2.33. The van der Waals surface area contributed by atoms with Crippen molar-refractivity contribution in [3.05, 3.63) is 48.1 Å². The summed E-state index contributed by atoms with van der Waals surface area (Å²) in [6, 6.07) is 0. The Morgan fingerprint density at radius 2 is 1.72 bits per heavy atom. The van der Waals surface area contributed by atoms with Crippen molar-refractivity contribution in [2.45, 2.75) is 85.0 Å². The third kappa shape index (κ3) is 9.33. The number of rotatable bonds is 11. The number of carbonyl (C=O) groups is 1. The van der Waals surface area contributed by atoms with Crippen LogP contribution in [0.25, 0.3) is 0 Å². The highest BCUT2D eigenvalue weighted by atomic mass is 16.6. The van der Waals surface area contributed by atoms with E-state index in [1.54, 1.807) is 0 Å². The van der Waals surface area contributed by atoms with Gasteiger partial charge in [0, 0.05) is 18.4 Å². The number of allylic oxidation sites excluding steroid dienone is 5. The first-order valence-electron chi connectivity index (χ1n) is 11.5. The minimum atomic E-state index is -0.635. The number of nitrogens with one attached hydrogen (secondary N) is 1. The van der Waals surface area contributed by atoms with Gasteiger partial charge < -0.3 is 19.7 Å². The molecule has 0 heterocycles. The molecule has 1 atom stereocenters. The first-order chi connectivity index (χ1) is 14.5. The quantitative estimate of drug-likeness (QED) is 0.393. The van der Waals surface area contributed by atoms with Crippen molar-refractivity contribution in [3.63, 3.8) is 0 Å². The molecule has 0 saturated carbocycles. The average molecular weight is 447 g/mol. The molecule has 0 bridgehead atoms. The summed E-state index contributed by atoms with van der Waals surface area (Å²) in [5.41, 5.74) is 0.438. The molecule has 0 radical (unpaired) electrons. The van der Waals surface area contributed by atoms with E-state index in [1.165, 1.54) is 0 Å². The van der Waals surface area contributed by atoms with Crippen LogP contribution in [0.3, 0.4) is 0 Å². The Morgan fingerprint density at radius 1 is 1.09 bits per heavy atom. The highest BCUT2D eigenvalue weighted by molar-refractivity contribution is 5.70. The third-order valence-electron chi connectivity index (χ3n) is 6.11. The SMILES string of the molecule is C=C(C)C1(C)C=CC=C(C(C)(C)NC(=O)OC(C)(C)CCOC(C)(C)CCN(C)C)C=C1. The molecule has 1 aliphatic carbocycles. The van der Waals surface area contributed by atoms with Crippen LogP contribution in [0.2, 0.25) is 0 Å². The number of hydrogen-bond donors (Lipinski definition) is 1. The van der Waals surface area contributed by atoms with E-state index in [2.05, 4.69) is 69.9 Å². The molecule has 0 aromatic carbocycles. The zero-order valence-electron chi connectivity index (χ0n) is 22.1. The van der Waals surface area contributed by atoms with E-state index >= 15 is 0 Å². The number of nitrogens with zero attached hydrogens (tertiary/aromatic N) is 1. The standard InChI is InChI=1S/C27H46N2O3/c1-21(2)27(9)15-12-13-22(14-16-27)26(7,8)28-23(30)32-25(5,6)18-20-31-24(3,4)17-19-29(10)11/h12-16H,1,17-20H2,2-11H3,(H,28,30). The van der Waals surface area contributed by atoms with Gasteiger partial charge in [-0.25, -0.2) is 4.79 Å². The normalized spacial score (nSPS) is 19.5. The molecule has 1 amide bonds. The van der Waals surface area contributed by atoms with Crippen molar-refractivity contribution >= 4 is 6.09 Å². The van der Waals surface area contributed by atoms with Crippen LogP contribution in [0.15, 0.2) is 48.1 Å². The van der Waals surface area contributed by atoms with Crippen LogP contribution in [0.5, 0.6) is 0 Å². The molecule has 182 valence electrons. The molecule has 0 spiro atoms. The van der Waals surface area contributed by atoms with E-state index in [0.29, 0.717) is 13.0 Å². The first kappa shape index (κ1) is 28.2. The summed E-state index contributed by atoms with van der Waals surface area (Å²) in [5.74, 6) is 0. The van der Waals surface area contributed by atoms with Crippen molar-refractivity contribution in [1.29, 1.82) is 0 Å². The van der Waals surface area contributed by atoms with Crippen molar-refractivity contribution in [1.82, 2.24) is 10.2 Å². The molecule has 0 saturated heterocycles. The number of carbonyl (C=O) groups excluding carboxylic acids is 1. The van der Waals surface area contributed by atoms with E-state index in [1.807, 2.05) is 46.8 Å². The van der Waals surface area contributed by atoms with Crippen LogP contribution in [0.1, 0.15) is 68.2 Å². The lowest BCUT2D eigenvalue weighted by Crippen LogP contribution is -2.47. The Balaban J connectivity index is 2.65. The maximum absolute atomic E-state index is 12.7. The Labute approximate surface area is 196 Å². The van der Waals surface area contributed by atoms with Gasteiger partial charge in [-0.2, -0.15) is 0 Å². The van der Waals surface area contributed by atoms with Crippen LogP contribution in [0, 0.1) is 5.41 Å². The molecular weight excluding hydrogens is 400 g/mol. The Bertz CT molecular complexity index is 757. The second-order valence-electron chi connectivity index (χ2n) is 11.2. The van der Waals surface area contributed by atoms with E-state index in [9.17, 15) is 4.79 Å². The molecule has 1 rings (SSSR count). The molecule has 32 heavy (non-hydrogen) atoms. The molecule has 1 aliphatic rings. The third-order valence-corrected chi connectivity index (χ3v) is 6.11. The summed E-state index contributed by atoms with van der Waals surface area (Å²) in [6.45, 7) is 21.7. The molecule has 1 unspecified atom stereocenters. The fraction of sp³-hybridized carbons (Fsp3) is 0.667. The lowest BCUT2D eigenvalue weighted by Gasteiger charge is -2.32. The minimum absolute atomic E-state index is 0.197. The van der Waals surface area contributed by atoms with Crippen LogP contribution in [-0.4, -0.2) is 55.0 Å². The lowest BCUT2D eigenvalue weighted by atomic mass is 9.83. The predicted octanol–water partition coefficient (Wildman–Crippen LogP) is 6.04. The molecule has 0 aliphatic heterocycles. The molecular formula is C27H46N2O3. The summed E-state index contributed by atoms with van der Waals surface area (Å²) >= 11 is 0. The number of hydrogen-bond acceptors (Lipinski definition) is 4. The van der Waals surface area contributed by atoms with Gasteiger partial charge in [0.1, 0.15) is 5.60 Å². The van der Waals surface area contributed by atoms with Crippen LogP contribution in [0.4, 0.5) is 4.79 Å². The van der Waals surface area contributed by atoms with Gasteiger partial charge in [-0.3, -0.25) is 0 Å². The zero-order chi connectivity index (χ0) is 24.8. The van der Waals surface area contributed by atoms with Gasteiger partial charge in [-0.1, -0.05) is 42.5 Å². The largest absolute Gasteiger partial charge is 0.443 e. The maximum atomic E-state index is 12.7. The smallest absolute Gasteiger partial charge is 0.408 e. The first-order valence-corrected chi connectivity index (χ1v) is 11.5. The van der Waals surface area contributed by atoms with E-state index in [0.717, 1.165) is 24.1 Å². The van der Waals surface area contributed by atoms with Gasteiger partial charge in [0.25, 0.3) is 0 Å². The Kier molecular flexibility index (Phi) is 9.55. The van der Waals surface area contributed by atoms with Crippen molar-refractivity contribution in [3.8, 4) is 0 Å². The van der Waals surface area contributed by atoms with E-state index in [4.69, 9.17) is 9.47 Å². The van der Waals surface area contributed by atoms with Gasteiger partial charge in [0.15, 0.2) is 0 Å². The second kappa shape index (κ2) is 10.8. The van der Waals surface area contributed by atoms with Gasteiger partial charge in [-0.15, -0.1) is 0 Å². The monoisotopic (exact) mass is 446 g/mol. The summed E-state index contributed by atoms with van der Waals surface area (Å²) in [6.07, 6.45) is 11.5. The summed E-state index contributed by atoms with van der Waals surface area (Å²) < 4.78 is 11.8. The van der Waals surface area contributed by atoms with Gasteiger partial charge in [0.2, 0.25) is 0 Å². The van der Waals surface area contributed by atoms with Crippen LogP contribution in [-0.2, 0) is 9.47 Å². The van der Waals surface area contributed by atoms with Crippen molar-refractivity contribution < 1.29 is 14.3 Å². The highest BCUT2D eigenvalue weighted by Gasteiger charge is 2.30. The number of amides is 1. The average Bonchev–Trinajstić information content (AvgIpc) is 2.82. The van der Waals surface area contributed by atoms with Crippen molar-refractivity contribution in [2.24, 2.45) is 5.41 Å². The zero-order valence-corrected chi connectivity index (χ0v) is 22.1. The Hall–Kier alpha value is -1.85. The van der Waals surface area contributed by atoms with E-state index < -0.39 is 17.2 Å². The summed E-state index contributed by atoms with van der Waals surface area (Å²) in [5, 5.41) is 3.02. The van der Waals surface area contributed by atoms with Crippen molar-refractivity contribution in [2.75, 3.05) is 27.2 Å². The maximum Gasteiger partial charge on any atom is 0.408 e. The van der Waals surface area contributed by atoms with Crippen LogP contribution >= 0.6 is 0 Å². The topological polar surface area (TPSA) is 50.8 Å².